The molecule has 8 heteroatoms. The summed E-state index contributed by atoms with van der Waals surface area (Å²) >= 11 is 6.77. The second-order valence-corrected chi connectivity index (χ2v) is 22.3. The minimum absolute atomic E-state index is 0.637. The van der Waals surface area contributed by atoms with Gasteiger partial charge in [-0.15, -0.1) is 0 Å². The fourth-order valence-electron chi connectivity index (χ4n) is 9.39. The summed E-state index contributed by atoms with van der Waals surface area (Å²) in [6.45, 7) is 19.5. The summed E-state index contributed by atoms with van der Waals surface area (Å²) in [5.41, 5.74) is 1.37. The summed E-state index contributed by atoms with van der Waals surface area (Å²) < 4.78 is 0. The summed E-state index contributed by atoms with van der Waals surface area (Å²) in [5.74, 6) is 8.62. The molecule has 0 bridgehead atoms. The van der Waals surface area contributed by atoms with Crippen molar-refractivity contribution in [2.24, 2.45) is 35.5 Å². The molecule has 6 atom stereocenters. The van der Waals surface area contributed by atoms with Crippen LogP contribution in [0.3, 0.4) is 0 Å². The molecule has 0 aromatic heterocycles. The van der Waals surface area contributed by atoms with Gasteiger partial charge in [0.25, 0.3) is 0 Å². The van der Waals surface area contributed by atoms with Gasteiger partial charge in [-0.25, -0.2) is 0 Å². The Morgan fingerprint density at radius 3 is 1.98 bits per heavy atom. The van der Waals surface area contributed by atoms with E-state index in [4.69, 9.17) is 6.58 Å². The fraction of sp³-hybridized carbons (Fsp3) is 0.911. The Morgan fingerprint density at radius 2 is 1.38 bits per heavy atom. The second-order valence-electron chi connectivity index (χ2n) is 18.3. The van der Waals surface area contributed by atoms with E-state index in [1.54, 1.807) is 0 Å². The van der Waals surface area contributed by atoms with Crippen molar-refractivity contribution in [3.8, 4) is 0 Å². The minimum atomic E-state index is 0.637. The molecule has 0 saturated heterocycles. The second kappa shape index (κ2) is 26.8. The summed E-state index contributed by atoms with van der Waals surface area (Å²) in [5, 5.41) is 13.2. The van der Waals surface area contributed by atoms with Crippen LogP contribution in [-0.2, 0) is 0 Å². The van der Waals surface area contributed by atoms with E-state index in [9.17, 15) is 0 Å². The normalized spacial score (nSPS) is 28.5. The molecule has 3 saturated carbocycles. The van der Waals surface area contributed by atoms with Crippen molar-refractivity contribution in [2.45, 2.75) is 151 Å². The molecule has 0 aromatic rings. The number of hydrogen-bond acceptors (Lipinski definition) is 8. The van der Waals surface area contributed by atoms with Gasteiger partial charge in [0.1, 0.15) is 0 Å². The molecule has 0 radical (unpaired) electrons. The van der Waals surface area contributed by atoms with Gasteiger partial charge in [-0.3, -0.25) is 0 Å². The van der Waals surface area contributed by atoms with Crippen LogP contribution >= 0.6 is 35.3 Å². The molecule has 3 aliphatic rings. The number of hydrogen-bond donors (Lipinski definition) is 3. The third kappa shape index (κ3) is 18.9. The molecule has 0 aromatic carbocycles. The zero-order chi connectivity index (χ0) is 38.6. The van der Waals surface area contributed by atoms with Crippen LogP contribution in [0.5, 0.6) is 0 Å². The largest absolute Gasteiger partial charge is 0.389 e. The first-order chi connectivity index (χ1) is 25.5. The topological polar surface area (TPSA) is 42.6 Å². The van der Waals surface area contributed by atoms with E-state index in [2.05, 4.69) is 124 Å². The van der Waals surface area contributed by atoms with Crippen LogP contribution in [0.15, 0.2) is 25.1 Å². The van der Waals surface area contributed by atoms with Gasteiger partial charge in [-0.05, 0) is 180 Å². The Hall–Kier alpha value is 0.01000. The molecular formula is C45H87N5S3. The molecule has 0 aliphatic heterocycles. The average Bonchev–Trinajstić information content (AvgIpc) is 3.12. The number of allylic oxidation sites excluding steroid dienone is 1. The van der Waals surface area contributed by atoms with E-state index in [0.29, 0.717) is 18.0 Å². The number of thioether (sulfide) groups is 3. The highest BCUT2D eigenvalue weighted by Crippen LogP contribution is 2.43. The lowest BCUT2D eigenvalue weighted by Crippen LogP contribution is -2.38. The van der Waals surface area contributed by atoms with E-state index < -0.39 is 0 Å². The Balaban J connectivity index is 1.51. The van der Waals surface area contributed by atoms with E-state index in [0.717, 1.165) is 51.9 Å². The molecule has 3 N–H and O–H groups in total. The predicted octanol–water partition coefficient (Wildman–Crippen LogP) is 10.2. The molecule has 0 spiro atoms. The Bertz CT molecular complexity index is 962. The van der Waals surface area contributed by atoms with Gasteiger partial charge >= 0.3 is 0 Å². The fourth-order valence-corrected chi connectivity index (χ4v) is 13.9. The smallest absolute Gasteiger partial charge is 0.0258 e. The van der Waals surface area contributed by atoms with Crippen LogP contribution in [0.25, 0.3) is 0 Å². The Kier molecular flexibility index (Phi) is 24.0. The van der Waals surface area contributed by atoms with Gasteiger partial charge in [0.15, 0.2) is 0 Å². The van der Waals surface area contributed by atoms with E-state index in [1.807, 2.05) is 6.20 Å². The maximum Gasteiger partial charge on any atom is 0.0258 e. The maximum absolute atomic E-state index is 4.74. The maximum atomic E-state index is 4.74. The van der Waals surface area contributed by atoms with Gasteiger partial charge in [-0.1, -0.05) is 33.9 Å². The van der Waals surface area contributed by atoms with Crippen molar-refractivity contribution >= 4 is 35.3 Å². The highest BCUT2D eigenvalue weighted by atomic mass is 32.2. The Morgan fingerprint density at radius 1 is 0.755 bits per heavy atom. The quantitative estimate of drug-likeness (QED) is 0.0711. The first-order valence-corrected chi connectivity index (χ1v) is 25.2. The third-order valence-electron chi connectivity index (χ3n) is 13.1. The zero-order valence-corrected chi connectivity index (χ0v) is 38.5. The molecule has 0 heterocycles. The van der Waals surface area contributed by atoms with Crippen molar-refractivity contribution < 1.29 is 0 Å². The van der Waals surface area contributed by atoms with Crippen molar-refractivity contribution in [1.82, 2.24) is 25.8 Å². The van der Waals surface area contributed by atoms with Crippen LogP contribution in [0.4, 0.5) is 0 Å². The Labute approximate surface area is 343 Å². The lowest BCUT2D eigenvalue weighted by atomic mass is 9.75. The predicted molar refractivity (Wildman–Crippen MR) is 245 cm³/mol. The van der Waals surface area contributed by atoms with Gasteiger partial charge in [0, 0.05) is 70.4 Å². The summed E-state index contributed by atoms with van der Waals surface area (Å²) in [4.78, 5) is 4.73. The van der Waals surface area contributed by atoms with Crippen molar-refractivity contribution in [3.63, 3.8) is 0 Å². The van der Waals surface area contributed by atoms with Gasteiger partial charge < -0.3 is 25.8 Å². The van der Waals surface area contributed by atoms with Crippen molar-refractivity contribution in [3.05, 3.63) is 25.1 Å². The van der Waals surface area contributed by atoms with Gasteiger partial charge in [0.05, 0.1) is 0 Å². The monoisotopic (exact) mass is 794 g/mol. The molecule has 310 valence electrons. The highest BCUT2D eigenvalue weighted by molar-refractivity contribution is 8.00. The SMILES string of the molecule is C=CNC1CCC(CC2CCC(NC(=C)C3CCC(CCC(SCCN(C)C)C(C)CCC(SCCNC)C(C)C)C(SCCN(C)C)C3)CC2)CC1. The van der Waals surface area contributed by atoms with E-state index in [1.165, 1.54) is 139 Å². The van der Waals surface area contributed by atoms with Gasteiger partial charge in [0.2, 0.25) is 0 Å². The highest BCUT2D eigenvalue weighted by Gasteiger charge is 2.34. The van der Waals surface area contributed by atoms with Crippen LogP contribution < -0.4 is 16.0 Å². The standard InChI is InChI=1S/C45H87N5S3/c1-11-47-41-20-13-37(14-21-41)32-38-15-22-42(23-16-38)48-36(5)40-18-17-39(45(33-40)53-31-28-50(9)10)19-25-44(52-30-27-49(7)8)35(4)12-24-43(34(2)3)51-29-26-46-6/h11,34-35,37-48H,1,5,12-33H2,2-4,6-10H3. The van der Waals surface area contributed by atoms with Crippen LogP contribution in [0, 0.1) is 35.5 Å². The van der Waals surface area contributed by atoms with Crippen molar-refractivity contribution in [1.29, 1.82) is 0 Å². The zero-order valence-electron chi connectivity index (χ0n) is 36.0. The molecular weight excluding hydrogens is 707 g/mol. The number of rotatable bonds is 27. The average molecular weight is 794 g/mol. The number of nitrogens with zero attached hydrogens (tertiary/aromatic N) is 2. The number of nitrogens with one attached hydrogen (secondary N) is 3. The van der Waals surface area contributed by atoms with Crippen LogP contribution in [0.1, 0.15) is 124 Å². The molecule has 6 unspecified atom stereocenters. The minimum Gasteiger partial charge on any atom is -0.389 e. The van der Waals surface area contributed by atoms with E-state index >= 15 is 0 Å². The first kappa shape index (κ1) is 47.4. The molecule has 5 nitrogen and oxygen atoms in total. The molecule has 3 fully saturated rings. The summed E-state index contributed by atoms with van der Waals surface area (Å²) in [7, 11) is 11.0. The molecule has 0 amide bonds. The van der Waals surface area contributed by atoms with Crippen LogP contribution in [-0.4, -0.2) is 110 Å². The molecule has 3 rings (SSSR count). The van der Waals surface area contributed by atoms with Crippen molar-refractivity contribution in [2.75, 3.05) is 72.1 Å². The van der Waals surface area contributed by atoms with Crippen LogP contribution in [0.2, 0.25) is 0 Å². The lowest BCUT2D eigenvalue weighted by molar-refractivity contribution is 0.209. The summed E-state index contributed by atoms with van der Waals surface area (Å²) in [6.07, 6.45) is 23.9. The third-order valence-corrected chi connectivity index (χ3v) is 17.7. The molecule has 3 aliphatic carbocycles. The van der Waals surface area contributed by atoms with Gasteiger partial charge in [-0.2, -0.15) is 35.3 Å². The lowest BCUT2D eigenvalue weighted by Gasteiger charge is -2.40. The molecule has 53 heavy (non-hydrogen) atoms. The first-order valence-electron chi connectivity index (χ1n) is 22.1. The summed E-state index contributed by atoms with van der Waals surface area (Å²) in [6, 6.07) is 1.31. The van der Waals surface area contributed by atoms with E-state index in [-0.39, 0.29) is 0 Å².